The van der Waals surface area contributed by atoms with E-state index in [0.29, 0.717) is 31.2 Å². The van der Waals surface area contributed by atoms with Gasteiger partial charge in [0.05, 0.1) is 6.42 Å². The Labute approximate surface area is 312 Å². The third-order valence-corrected chi connectivity index (χ3v) is 8.91. The summed E-state index contributed by atoms with van der Waals surface area (Å²) in [6.07, 6.45) is 13.6. The molecule has 0 aliphatic rings. The average Bonchev–Trinajstić information content (AvgIpc) is 3.11. The lowest BCUT2D eigenvalue weighted by molar-refractivity contribution is -0.140. The van der Waals surface area contributed by atoms with Crippen molar-refractivity contribution in [1.29, 1.82) is 0 Å². The largest absolute Gasteiger partial charge is 0.481 e. The fraction of sp³-hybridized carbons (Fsp3) is 0.658. The molecular formula is C38H60N4O11. The van der Waals surface area contributed by atoms with E-state index < -0.39 is 47.8 Å². The van der Waals surface area contributed by atoms with Gasteiger partial charge < -0.3 is 41.7 Å². The van der Waals surface area contributed by atoms with Crippen molar-refractivity contribution in [3.05, 3.63) is 35.4 Å². The molecular weight excluding hydrogens is 688 g/mol. The summed E-state index contributed by atoms with van der Waals surface area (Å²) in [6, 6.07) is 3.97. The summed E-state index contributed by atoms with van der Waals surface area (Å²) in [6.45, 7) is 0.486. The van der Waals surface area contributed by atoms with Crippen LogP contribution in [0, 0.1) is 0 Å². The molecule has 1 rings (SSSR count). The van der Waals surface area contributed by atoms with Gasteiger partial charge in [0, 0.05) is 44.5 Å². The van der Waals surface area contributed by atoms with Crippen LogP contribution in [0.5, 0.6) is 0 Å². The number of benzene rings is 1. The highest BCUT2D eigenvalue weighted by atomic mass is 16.4. The van der Waals surface area contributed by atoms with Crippen LogP contribution in [0.1, 0.15) is 144 Å². The molecule has 8 N–H and O–H groups in total. The zero-order valence-electron chi connectivity index (χ0n) is 30.9. The highest BCUT2D eigenvalue weighted by Crippen LogP contribution is 2.15. The molecule has 15 nitrogen and oxygen atoms in total. The lowest BCUT2D eigenvalue weighted by Gasteiger charge is -2.22. The highest BCUT2D eigenvalue weighted by Gasteiger charge is 2.22. The van der Waals surface area contributed by atoms with Gasteiger partial charge in [0.1, 0.15) is 12.1 Å². The number of aliphatic carboxylic acids is 4. The SMILES string of the molecule is N[C@@H](CCCCNC(=O)CC[C@@H](NC(=O)c1ccc(CN(CCC(=O)O)C(=O)CCCCCCCCCCCCCCC(=O)O)cc1)C(=O)O)C(=O)O. The second kappa shape index (κ2) is 28.0. The number of amides is 3. The van der Waals surface area contributed by atoms with E-state index in [1.165, 1.54) is 23.5 Å². The minimum Gasteiger partial charge on any atom is -0.481 e. The first kappa shape index (κ1) is 46.5. The van der Waals surface area contributed by atoms with Crippen LogP contribution in [0.25, 0.3) is 0 Å². The van der Waals surface area contributed by atoms with Gasteiger partial charge in [-0.2, -0.15) is 0 Å². The Balaban J connectivity index is 2.46. The summed E-state index contributed by atoms with van der Waals surface area (Å²) < 4.78 is 0. The number of carbonyl (C=O) groups excluding carboxylic acids is 3. The zero-order chi connectivity index (χ0) is 39.4. The van der Waals surface area contributed by atoms with E-state index in [9.17, 15) is 43.8 Å². The second-order valence-corrected chi connectivity index (χ2v) is 13.5. The molecule has 0 saturated heterocycles. The first-order valence-electron chi connectivity index (χ1n) is 18.9. The predicted octanol–water partition coefficient (Wildman–Crippen LogP) is 4.70. The molecule has 0 saturated carbocycles. The minimum atomic E-state index is -1.32. The Bertz CT molecular complexity index is 1290. The topological polar surface area (TPSA) is 254 Å². The zero-order valence-corrected chi connectivity index (χ0v) is 30.9. The van der Waals surface area contributed by atoms with Gasteiger partial charge in [-0.1, -0.05) is 76.3 Å². The number of rotatable bonds is 32. The molecule has 0 fully saturated rings. The fourth-order valence-corrected chi connectivity index (χ4v) is 5.69. The lowest BCUT2D eigenvalue weighted by Crippen LogP contribution is -2.41. The van der Waals surface area contributed by atoms with Crippen LogP contribution >= 0.6 is 0 Å². The maximum Gasteiger partial charge on any atom is 0.326 e. The van der Waals surface area contributed by atoms with Crippen molar-refractivity contribution in [2.24, 2.45) is 5.73 Å². The normalized spacial score (nSPS) is 12.0. The molecule has 0 unspecified atom stereocenters. The molecule has 0 spiro atoms. The van der Waals surface area contributed by atoms with Crippen molar-refractivity contribution in [2.75, 3.05) is 13.1 Å². The molecule has 0 bridgehead atoms. The number of carboxylic acid groups (broad SMARTS) is 4. The van der Waals surface area contributed by atoms with Crippen LogP contribution in [0.4, 0.5) is 0 Å². The van der Waals surface area contributed by atoms with Gasteiger partial charge in [-0.3, -0.25) is 28.8 Å². The van der Waals surface area contributed by atoms with Crippen LogP contribution in [0.3, 0.4) is 0 Å². The van der Waals surface area contributed by atoms with Crippen LogP contribution in [0.15, 0.2) is 24.3 Å². The number of carbonyl (C=O) groups is 7. The van der Waals surface area contributed by atoms with Crippen LogP contribution in [-0.4, -0.2) is 92.1 Å². The van der Waals surface area contributed by atoms with Crippen LogP contribution in [-0.2, 0) is 35.3 Å². The van der Waals surface area contributed by atoms with E-state index in [1.54, 1.807) is 12.1 Å². The summed E-state index contributed by atoms with van der Waals surface area (Å²) in [4.78, 5) is 83.8. The molecule has 1 aromatic carbocycles. The Morgan fingerprint density at radius 1 is 0.604 bits per heavy atom. The molecule has 53 heavy (non-hydrogen) atoms. The molecule has 0 aliphatic carbocycles. The smallest absolute Gasteiger partial charge is 0.326 e. The van der Waals surface area contributed by atoms with Crippen molar-refractivity contribution in [3.8, 4) is 0 Å². The van der Waals surface area contributed by atoms with E-state index in [-0.39, 0.29) is 63.2 Å². The van der Waals surface area contributed by atoms with Crippen LogP contribution in [0.2, 0.25) is 0 Å². The molecule has 1 aromatic rings. The summed E-state index contributed by atoms with van der Waals surface area (Å²) >= 11 is 0. The van der Waals surface area contributed by atoms with Gasteiger partial charge in [0.15, 0.2) is 0 Å². The number of carboxylic acids is 4. The first-order chi connectivity index (χ1) is 25.3. The van der Waals surface area contributed by atoms with E-state index in [0.717, 1.165) is 64.2 Å². The molecule has 298 valence electrons. The van der Waals surface area contributed by atoms with E-state index in [1.807, 2.05) is 0 Å². The number of hydrogen-bond acceptors (Lipinski definition) is 8. The lowest BCUT2D eigenvalue weighted by atomic mass is 10.0. The monoisotopic (exact) mass is 748 g/mol. The van der Waals surface area contributed by atoms with Gasteiger partial charge in [-0.25, -0.2) is 4.79 Å². The van der Waals surface area contributed by atoms with E-state index in [4.69, 9.17) is 15.9 Å². The molecule has 2 atom stereocenters. The Morgan fingerprint density at radius 3 is 1.64 bits per heavy atom. The third-order valence-electron chi connectivity index (χ3n) is 8.91. The van der Waals surface area contributed by atoms with E-state index >= 15 is 0 Å². The minimum absolute atomic E-state index is 0.0444. The van der Waals surface area contributed by atoms with Crippen molar-refractivity contribution < 1.29 is 54.0 Å². The maximum absolute atomic E-state index is 13.0. The Kier molecular flexibility index (Phi) is 24.6. The summed E-state index contributed by atoms with van der Waals surface area (Å²) in [5.41, 5.74) is 6.30. The molecule has 0 radical (unpaired) electrons. The highest BCUT2D eigenvalue weighted by molar-refractivity contribution is 5.96. The summed E-state index contributed by atoms with van der Waals surface area (Å²) in [5, 5.41) is 41.3. The summed E-state index contributed by atoms with van der Waals surface area (Å²) in [7, 11) is 0. The quantitative estimate of drug-likeness (QED) is 0.0495. The second-order valence-electron chi connectivity index (χ2n) is 13.5. The van der Waals surface area contributed by atoms with Gasteiger partial charge in [0.25, 0.3) is 5.91 Å². The third kappa shape index (κ3) is 23.6. The molecule has 15 heteroatoms. The number of unbranched alkanes of at least 4 members (excludes halogenated alkanes) is 12. The Hall–Kier alpha value is -4.53. The average molecular weight is 749 g/mol. The van der Waals surface area contributed by atoms with Crippen molar-refractivity contribution in [2.45, 2.75) is 147 Å². The van der Waals surface area contributed by atoms with Crippen molar-refractivity contribution in [3.63, 3.8) is 0 Å². The van der Waals surface area contributed by atoms with Crippen molar-refractivity contribution in [1.82, 2.24) is 15.5 Å². The fourth-order valence-electron chi connectivity index (χ4n) is 5.69. The Morgan fingerprint density at radius 2 is 1.13 bits per heavy atom. The number of nitrogens with two attached hydrogens (primary N) is 1. The van der Waals surface area contributed by atoms with Gasteiger partial charge in [-0.15, -0.1) is 0 Å². The van der Waals surface area contributed by atoms with Gasteiger partial charge in [0.2, 0.25) is 11.8 Å². The predicted molar refractivity (Wildman–Crippen MR) is 197 cm³/mol. The molecule has 0 heterocycles. The maximum atomic E-state index is 13.0. The molecule has 3 amide bonds. The van der Waals surface area contributed by atoms with Crippen molar-refractivity contribution >= 4 is 41.6 Å². The molecule has 0 aliphatic heterocycles. The van der Waals surface area contributed by atoms with Gasteiger partial charge in [-0.05, 0) is 56.2 Å². The summed E-state index contributed by atoms with van der Waals surface area (Å²) in [5.74, 6) is -5.34. The number of nitrogens with zero attached hydrogens (tertiary/aromatic N) is 1. The van der Waals surface area contributed by atoms with E-state index in [2.05, 4.69) is 10.6 Å². The van der Waals surface area contributed by atoms with Gasteiger partial charge >= 0.3 is 23.9 Å². The van der Waals surface area contributed by atoms with Crippen LogP contribution < -0.4 is 16.4 Å². The number of hydrogen-bond donors (Lipinski definition) is 7. The first-order valence-corrected chi connectivity index (χ1v) is 18.9. The molecule has 0 aromatic heterocycles. The standard InChI is InChI=1S/C38H60N4O11/c39-30(37(50)51)15-13-14-25-40-32(43)23-22-31(38(52)53)41-36(49)29-20-18-28(19-21-29)27-42(26-24-35(47)48)33(44)16-11-9-7-5-3-1-2-4-6-8-10-12-17-34(45)46/h18-21,30-31H,1-17,22-27,39H2,(H,40,43)(H,41,49)(H,45,46)(H,47,48)(H,50,51)(H,52,53)/t30-,31+/m0/s1. The number of nitrogens with one attached hydrogen (secondary N) is 2.